The first-order valence-electron chi connectivity index (χ1n) is 6.81. The second-order valence-electron chi connectivity index (χ2n) is 5.59. The second-order valence-corrected chi connectivity index (χ2v) is 6.45. The Hall–Kier alpha value is -1.10. The van der Waals surface area contributed by atoms with Crippen molar-refractivity contribution in [3.05, 3.63) is 11.1 Å². The standard InChI is InChI=1S/C14H22N2O2S/c1-10(2)14(6-7-14)9-15-13-16-11(8-19-13)4-5-12(17)18-3/h8,10H,4-7,9H2,1-3H3,(H,15,16). The lowest BCUT2D eigenvalue weighted by molar-refractivity contribution is -0.140. The number of carbonyl (C=O) groups is 1. The predicted molar refractivity (Wildman–Crippen MR) is 77.4 cm³/mol. The number of aromatic nitrogens is 1. The van der Waals surface area contributed by atoms with Crippen LogP contribution in [0.4, 0.5) is 5.13 Å². The first kappa shape index (κ1) is 14.3. The van der Waals surface area contributed by atoms with Crippen molar-refractivity contribution >= 4 is 22.4 Å². The maximum Gasteiger partial charge on any atom is 0.305 e. The number of ether oxygens (including phenoxy) is 1. The van der Waals surface area contributed by atoms with Crippen LogP contribution in [0.15, 0.2) is 5.38 Å². The fourth-order valence-corrected chi connectivity index (χ4v) is 2.95. The molecule has 1 aromatic rings. The number of nitrogens with zero attached hydrogens (tertiary/aromatic N) is 1. The molecule has 0 amide bonds. The Kier molecular flexibility index (Phi) is 4.45. The summed E-state index contributed by atoms with van der Waals surface area (Å²) in [6, 6.07) is 0. The van der Waals surface area contributed by atoms with Crippen LogP contribution >= 0.6 is 11.3 Å². The lowest BCUT2D eigenvalue weighted by Crippen LogP contribution is -2.20. The van der Waals surface area contributed by atoms with E-state index in [0.29, 0.717) is 18.3 Å². The van der Waals surface area contributed by atoms with E-state index in [-0.39, 0.29) is 5.97 Å². The lowest BCUT2D eigenvalue weighted by Gasteiger charge is -2.19. The third-order valence-corrected chi connectivity index (χ3v) is 4.92. The number of hydrogen-bond acceptors (Lipinski definition) is 5. The minimum absolute atomic E-state index is 0.181. The summed E-state index contributed by atoms with van der Waals surface area (Å²) in [6.07, 6.45) is 3.69. The van der Waals surface area contributed by atoms with Gasteiger partial charge in [0.2, 0.25) is 0 Å². The van der Waals surface area contributed by atoms with Crippen molar-refractivity contribution in [2.45, 2.75) is 39.5 Å². The van der Waals surface area contributed by atoms with E-state index in [1.807, 2.05) is 5.38 Å². The molecule has 1 aliphatic carbocycles. The van der Waals surface area contributed by atoms with Gasteiger partial charge in [-0.05, 0) is 24.2 Å². The molecule has 1 saturated carbocycles. The minimum Gasteiger partial charge on any atom is -0.469 e. The molecule has 106 valence electrons. The van der Waals surface area contributed by atoms with E-state index in [4.69, 9.17) is 0 Å². The maximum atomic E-state index is 11.1. The molecule has 0 atom stereocenters. The fraction of sp³-hybridized carbons (Fsp3) is 0.714. The SMILES string of the molecule is COC(=O)CCc1csc(NCC2(C(C)C)CC2)n1. The van der Waals surface area contributed by atoms with Gasteiger partial charge in [-0.2, -0.15) is 0 Å². The molecule has 1 aliphatic rings. The summed E-state index contributed by atoms with van der Waals surface area (Å²) in [5, 5.41) is 6.42. The van der Waals surface area contributed by atoms with Crippen LogP contribution in [-0.2, 0) is 16.0 Å². The molecule has 1 aromatic heterocycles. The zero-order valence-corrected chi connectivity index (χ0v) is 12.7. The van der Waals surface area contributed by atoms with E-state index in [2.05, 4.69) is 28.9 Å². The van der Waals surface area contributed by atoms with Gasteiger partial charge in [0.25, 0.3) is 0 Å². The maximum absolute atomic E-state index is 11.1. The summed E-state index contributed by atoms with van der Waals surface area (Å²) in [7, 11) is 1.41. The van der Waals surface area contributed by atoms with Crippen LogP contribution in [0.25, 0.3) is 0 Å². The highest BCUT2D eigenvalue weighted by molar-refractivity contribution is 7.13. The average molecular weight is 282 g/mol. The zero-order chi connectivity index (χ0) is 13.9. The number of aryl methyl sites for hydroxylation is 1. The lowest BCUT2D eigenvalue weighted by atomic mass is 9.92. The van der Waals surface area contributed by atoms with E-state index in [1.54, 1.807) is 11.3 Å². The Bertz CT molecular complexity index is 438. The van der Waals surface area contributed by atoms with Crippen molar-refractivity contribution in [1.29, 1.82) is 0 Å². The van der Waals surface area contributed by atoms with Gasteiger partial charge < -0.3 is 10.1 Å². The molecule has 0 unspecified atom stereocenters. The van der Waals surface area contributed by atoms with Gasteiger partial charge in [-0.3, -0.25) is 4.79 Å². The molecule has 1 fully saturated rings. The summed E-state index contributed by atoms with van der Waals surface area (Å²) < 4.78 is 4.63. The van der Waals surface area contributed by atoms with Crippen molar-refractivity contribution in [2.24, 2.45) is 11.3 Å². The van der Waals surface area contributed by atoms with Crippen LogP contribution in [-0.4, -0.2) is 24.6 Å². The van der Waals surface area contributed by atoms with Crippen molar-refractivity contribution in [3.63, 3.8) is 0 Å². The third-order valence-electron chi connectivity index (χ3n) is 4.07. The normalized spacial score (nSPS) is 16.4. The van der Waals surface area contributed by atoms with Crippen LogP contribution in [0.5, 0.6) is 0 Å². The van der Waals surface area contributed by atoms with Crippen molar-refractivity contribution in [3.8, 4) is 0 Å². The summed E-state index contributed by atoms with van der Waals surface area (Å²) in [6.45, 7) is 5.59. The Morgan fingerprint density at radius 3 is 2.89 bits per heavy atom. The molecule has 19 heavy (non-hydrogen) atoms. The summed E-state index contributed by atoms with van der Waals surface area (Å²) in [4.78, 5) is 15.6. The molecule has 0 bridgehead atoms. The molecular weight excluding hydrogens is 260 g/mol. The summed E-state index contributed by atoms with van der Waals surface area (Å²) >= 11 is 1.61. The first-order valence-corrected chi connectivity index (χ1v) is 7.69. The van der Waals surface area contributed by atoms with E-state index in [1.165, 1.54) is 20.0 Å². The zero-order valence-electron chi connectivity index (χ0n) is 11.9. The highest BCUT2D eigenvalue weighted by Gasteiger charge is 2.45. The minimum atomic E-state index is -0.181. The van der Waals surface area contributed by atoms with Crippen molar-refractivity contribution in [2.75, 3.05) is 19.0 Å². The number of methoxy groups -OCH3 is 1. The van der Waals surface area contributed by atoms with Gasteiger partial charge >= 0.3 is 5.97 Å². The molecule has 0 aliphatic heterocycles. The number of nitrogens with one attached hydrogen (secondary N) is 1. The fourth-order valence-electron chi connectivity index (χ4n) is 2.21. The third kappa shape index (κ3) is 3.69. The Balaban J connectivity index is 1.79. The topological polar surface area (TPSA) is 51.2 Å². The van der Waals surface area contributed by atoms with Crippen LogP contribution in [0, 0.1) is 11.3 Å². The van der Waals surface area contributed by atoms with Gasteiger partial charge in [0.05, 0.1) is 19.2 Å². The highest BCUT2D eigenvalue weighted by Crippen LogP contribution is 2.51. The molecule has 4 nitrogen and oxygen atoms in total. The van der Waals surface area contributed by atoms with Crippen LogP contribution in [0.1, 0.15) is 38.8 Å². The quantitative estimate of drug-likeness (QED) is 0.781. The highest BCUT2D eigenvalue weighted by atomic mass is 32.1. The monoisotopic (exact) mass is 282 g/mol. The molecule has 0 saturated heterocycles. The van der Waals surface area contributed by atoms with Gasteiger partial charge in [0.1, 0.15) is 0 Å². The van der Waals surface area contributed by atoms with Crippen molar-refractivity contribution in [1.82, 2.24) is 4.98 Å². The van der Waals surface area contributed by atoms with Gasteiger partial charge in [0.15, 0.2) is 5.13 Å². The average Bonchev–Trinajstić information content (AvgIpc) is 3.07. The van der Waals surface area contributed by atoms with Gasteiger partial charge in [0, 0.05) is 18.3 Å². The van der Waals surface area contributed by atoms with E-state index in [0.717, 1.165) is 23.3 Å². The molecule has 0 spiro atoms. The van der Waals surface area contributed by atoms with Gasteiger partial charge in [-0.1, -0.05) is 13.8 Å². The van der Waals surface area contributed by atoms with E-state index < -0.39 is 0 Å². The first-order chi connectivity index (χ1) is 9.05. The molecule has 1 heterocycles. The molecule has 0 radical (unpaired) electrons. The number of carbonyl (C=O) groups excluding carboxylic acids is 1. The Labute approximate surface area is 118 Å². The van der Waals surface area contributed by atoms with Crippen LogP contribution in [0.3, 0.4) is 0 Å². The molecule has 5 heteroatoms. The van der Waals surface area contributed by atoms with E-state index in [9.17, 15) is 4.79 Å². The molecular formula is C14H22N2O2S. The number of hydrogen-bond donors (Lipinski definition) is 1. The number of esters is 1. The summed E-state index contributed by atoms with van der Waals surface area (Å²) in [5.41, 5.74) is 1.45. The van der Waals surface area contributed by atoms with Crippen molar-refractivity contribution < 1.29 is 9.53 Å². The van der Waals surface area contributed by atoms with Crippen LogP contribution < -0.4 is 5.32 Å². The van der Waals surface area contributed by atoms with Crippen LogP contribution in [0.2, 0.25) is 0 Å². The largest absolute Gasteiger partial charge is 0.469 e. The molecule has 2 rings (SSSR count). The Morgan fingerprint density at radius 1 is 1.58 bits per heavy atom. The number of anilines is 1. The molecule has 1 N–H and O–H groups in total. The molecule has 0 aromatic carbocycles. The van der Waals surface area contributed by atoms with Gasteiger partial charge in [-0.25, -0.2) is 4.98 Å². The number of rotatable bonds is 7. The predicted octanol–water partition coefficient (Wildman–Crippen LogP) is 3.10. The Morgan fingerprint density at radius 2 is 2.32 bits per heavy atom. The van der Waals surface area contributed by atoms with E-state index >= 15 is 0 Å². The second kappa shape index (κ2) is 5.90. The van der Waals surface area contributed by atoms with Gasteiger partial charge in [-0.15, -0.1) is 11.3 Å². The smallest absolute Gasteiger partial charge is 0.305 e. The number of thiazole rings is 1. The summed E-state index contributed by atoms with van der Waals surface area (Å²) in [5.74, 6) is 0.540.